The van der Waals surface area contributed by atoms with Crippen molar-refractivity contribution in [3.63, 3.8) is 0 Å². The molecule has 0 aromatic heterocycles. The van der Waals surface area contributed by atoms with Crippen LogP contribution in [-0.4, -0.2) is 74.0 Å². The molecule has 0 fully saturated rings. The topological polar surface area (TPSA) is 112 Å². The van der Waals surface area contributed by atoms with Gasteiger partial charge in [0, 0.05) is 24.4 Å². The lowest BCUT2D eigenvalue weighted by Crippen LogP contribution is -2.24. The van der Waals surface area contributed by atoms with Crippen LogP contribution in [0.15, 0.2) is 36.5 Å². The maximum Gasteiger partial charge on any atom is 0.333 e. The Hall–Kier alpha value is -2.00. The van der Waals surface area contributed by atoms with E-state index in [0.717, 1.165) is 25.7 Å². The van der Waals surface area contributed by atoms with Crippen molar-refractivity contribution >= 4 is 11.9 Å². The molecule has 8 heteroatoms. The monoisotopic (exact) mass is 428 g/mol. The largest absolute Gasteiger partial charge is 0.460 e. The number of aliphatic hydroxyl groups is 2. The maximum absolute atomic E-state index is 11.2. The Labute approximate surface area is 179 Å². The molecule has 0 radical (unpaired) electrons. The zero-order valence-electron chi connectivity index (χ0n) is 18.1. The van der Waals surface area contributed by atoms with Gasteiger partial charge in [-0.05, 0) is 39.5 Å². The van der Waals surface area contributed by atoms with Crippen molar-refractivity contribution in [2.75, 3.05) is 39.6 Å². The molecule has 2 unspecified atom stereocenters. The summed E-state index contributed by atoms with van der Waals surface area (Å²) in [4.78, 5) is 22.4. The van der Waals surface area contributed by atoms with Crippen molar-refractivity contribution < 1.29 is 38.7 Å². The van der Waals surface area contributed by atoms with Crippen LogP contribution in [0.25, 0.3) is 0 Å². The Morgan fingerprint density at radius 1 is 0.767 bits per heavy atom. The van der Waals surface area contributed by atoms with Crippen LogP contribution in [0.2, 0.25) is 0 Å². The van der Waals surface area contributed by atoms with Crippen LogP contribution in [0.4, 0.5) is 0 Å². The fraction of sp³-hybridized carbons (Fsp3) is 0.636. The van der Waals surface area contributed by atoms with Gasteiger partial charge in [0.1, 0.15) is 25.4 Å². The summed E-state index contributed by atoms with van der Waals surface area (Å²) in [6.45, 7) is 11.0. The van der Waals surface area contributed by atoms with E-state index in [9.17, 15) is 19.8 Å². The summed E-state index contributed by atoms with van der Waals surface area (Å²) < 4.78 is 20.3. The molecule has 0 heterocycles. The van der Waals surface area contributed by atoms with Crippen molar-refractivity contribution in [3.8, 4) is 0 Å². The van der Waals surface area contributed by atoms with Crippen LogP contribution in [0.1, 0.15) is 39.5 Å². The Bertz CT molecular complexity index is 507. The van der Waals surface area contributed by atoms with Gasteiger partial charge in [0.05, 0.1) is 13.2 Å². The van der Waals surface area contributed by atoms with E-state index in [4.69, 9.17) is 18.9 Å². The van der Waals surface area contributed by atoms with Gasteiger partial charge in [0.2, 0.25) is 0 Å². The number of allylic oxidation sites excluding steroid dienone is 2. The molecule has 8 nitrogen and oxygen atoms in total. The molecule has 0 aromatic rings. The second kappa shape index (κ2) is 17.8. The first-order valence-corrected chi connectivity index (χ1v) is 10.1. The average Bonchev–Trinajstić information content (AvgIpc) is 2.70. The normalized spacial score (nSPS) is 13.1. The third-order valence-corrected chi connectivity index (χ3v) is 3.62. The smallest absolute Gasteiger partial charge is 0.333 e. The zero-order chi connectivity index (χ0) is 22.8. The Balaban J connectivity index is 3.47. The van der Waals surface area contributed by atoms with Crippen molar-refractivity contribution in [2.24, 2.45) is 0 Å². The molecule has 0 aliphatic rings. The molecule has 0 aliphatic carbocycles. The number of carbonyl (C=O) groups excluding carboxylic acids is 2. The molecule has 0 aliphatic heterocycles. The van der Waals surface area contributed by atoms with Crippen LogP contribution in [0.5, 0.6) is 0 Å². The van der Waals surface area contributed by atoms with Gasteiger partial charge in [-0.2, -0.15) is 0 Å². The van der Waals surface area contributed by atoms with E-state index in [1.165, 1.54) is 0 Å². The number of ether oxygens (including phenoxy) is 4. The molecule has 2 N–H and O–H groups in total. The number of aliphatic hydroxyl groups excluding tert-OH is 2. The first-order valence-electron chi connectivity index (χ1n) is 10.1. The second-order valence-corrected chi connectivity index (χ2v) is 6.97. The lowest BCUT2D eigenvalue weighted by molar-refractivity contribution is -0.143. The van der Waals surface area contributed by atoms with Crippen molar-refractivity contribution in [2.45, 2.75) is 51.7 Å². The van der Waals surface area contributed by atoms with E-state index in [0.29, 0.717) is 24.4 Å². The summed E-state index contributed by atoms with van der Waals surface area (Å²) in [5.74, 6) is -1.05. The zero-order valence-corrected chi connectivity index (χ0v) is 18.1. The Morgan fingerprint density at radius 3 is 1.47 bits per heavy atom. The highest BCUT2D eigenvalue weighted by Gasteiger charge is 2.10. The fourth-order valence-corrected chi connectivity index (χ4v) is 1.97. The maximum atomic E-state index is 11.2. The summed E-state index contributed by atoms with van der Waals surface area (Å²) in [7, 11) is 0. The quantitative estimate of drug-likeness (QED) is 0.148. The van der Waals surface area contributed by atoms with E-state index in [1.54, 1.807) is 13.8 Å². The lowest BCUT2D eigenvalue weighted by Gasteiger charge is -2.11. The van der Waals surface area contributed by atoms with Crippen LogP contribution in [0, 0.1) is 0 Å². The number of hydrogen-bond donors (Lipinski definition) is 2. The van der Waals surface area contributed by atoms with Crippen LogP contribution >= 0.6 is 0 Å². The molecule has 0 spiro atoms. The van der Waals surface area contributed by atoms with Crippen LogP contribution < -0.4 is 0 Å². The Kier molecular flexibility index (Phi) is 16.6. The summed E-state index contributed by atoms with van der Waals surface area (Å²) in [6.07, 6.45) is 5.77. The molecule has 0 aromatic carbocycles. The fourth-order valence-electron chi connectivity index (χ4n) is 1.97. The summed E-state index contributed by atoms with van der Waals surface area (Å²) >= 11 is 0. The third kappa shape index (κ3) is 16.9. The van der Waals surface area contributed by atoms with E-state index < -0.39 is 24.1 Å². The highest BCUT2D eigenvalue weighted by atomic mass is 16.6. The van der Waals surface area contributed by atoms with Gasteiger partial charge in [0.15, 0.2) is 0 Å². The minimum Gasteiger partial charge on any atom is -0.460 e. The molecule has 30 heavy (non-hydrogen) atoms. The van der Waals surface area contributed by atoms with Crippen molar-refractivity contribution in [3.05, 3.63) is 36.5 Å². The van der Waals surface area contributed by atoms with Gasteiger partial charge in [-0.25, -0.2) is 9.59 Å². The van der Waals surface area contributed by atoms with Gasteiger partial charge in [-0.3, -0.25) is 0 Å². The molecule has 0 rings (SSSR count). The first-order chi connectivity index (χ1) is 14.2. The number of carbonyl (C=O) groups is 2. The minimum absolute atomic E-state index is 0.107. The summed E-state index contributed by atoms with van der Waals surface area (Å²) in [5.41, 5.74) is 0.585. The van der Waals surface area contributed by atoms with Gasteiger partial charge in [0.25, 0.3) is 0 Å². The van der Waals surface area contributed by atoms with Gasteiger partial charge < -0.3 is 29.2 Å². The molecule has 0 amide bonds. The molecule has 172 valence electrons. The molecule has 0 bridgehead atoms. The number of esters is 2. The van der Waals surface area contributed by atoms with Crippen LogP contribution in [-0.2, 0) is 28.5 Å². The van der Waals surface area contributed by atoms with Crippen LogP contribution in [0.3, 0.4) is 0 Å². The molecular formula is C22H36O8. The molecule has 0 saturated heterocycles. The molecular weight excluding hydrogens is 392 g/mol. The minimum atomic E-state index is -0.847. The molecule has 0 saturated carbocycles. The van der Waals surface area contributed by atoms with Gasteiger partial charge in [-0.15, -0.1) is 0 Å². The lowest BCUT2D eigenvalue weighted by atomic mass is 10.2. The standard InChI is InChI=1S/C22H36O8/c1-17(2)21(25)29-15-19(23)13-27-11-9-7-5-6-8-10-12-28-14-20(24)16-30-22(26)18(3)4/h5-6,19-20,23-24H,1,3,7-16H2,2,4H3/b6-5+. The van der Waals surface area contributed by atoms with Gasteiger partial charge in [-0.1, -0.05) is 25.3 Å². The highest BCUT2D eigenvalue weighted by molar-refractivity contribution is 5.87. The predicted molar refractivity (Wildman–Crippen MR) is 113 cm³/mol. The van der Waals surface area contributed by atoms with E-state index in [2.05, 4.69) is 25.3 Å². The van der Waals surface area contributed by atoms with Crippen molar-refractivity contribution in [1.82, 2.24) is 0 Å². The number of unbranched alkanes of at least 4 members (excludes halogenated alkanes) is 2. The highest BCUT2D eigenvalue weighted by Crippen LogP contribution is 2.00. The van der Waals surface area contributed by atoms with E-state index in [1.807, 2.05) is 0 Å². The van der Waals surface area contributed by atoms with E-state index in [-0.39, 0.29) is 26.4 Å². The SMILES string of the molecule is C=C(C)C(=O)OCC(O)COCCC/C=C/CCCOCC(O)COC(=O)C(=C)C. The summed E-state index contributed by atoms with van der Waals surface area (Å²) in [5, 5.41) is 19.3. The van der Waals surface area contributed by atoms with Gasteiger partial charge >= 0.3 is 11.9 Å². The van der Waals surface area contributed by atoms with Crippen molar-refractivity contribution in [1.29, 1.82) is 0 Å². The predicted octanol–water partition coefficient (Wildman–Crippen LogP) is 2.10. The molecule has 2 atom stereocenters. The first kappa shape index (κ1) is 28.0. The number of rotatable bonds is 18. The number of hydrogen-bond acceptors (Lipinski definition) is 8. The Morgan fingerprint density at radius 2 is 1.13 bits per heavy atom. The third-order valence-electron chi connectivity index (χ3n) is 3.62. The average molecular weight is 429 g/mol. The second-order valence-electron chi connectivity index (χ2n) is 6.97. The summed E-state index contributed by atoms with van der Waals surface area (Å²) in [6, 6.07) is 0. The van der Waals surface area contributed by atoms with E-state index >= 15 is 0 Å².